The Balaban J connectivity index is 1.49. The molecule has 1 aromatic carbocycles. The lowest BCUT2D eigenvalue weighted by atomic mass is 9.94. The second-order valence-corrected chi connectivity index (χ2v) is 6.32. The maximum Gasteiger partial charge on any atom is 0.0507 e. The van der Waals surface area contributed by atoms with E-state index in [1.54, 1.807) is 0 Å². The summed E-state index contributed by atoms with van der Waals surface area (Å²) in [6.07, 6.45) is 2.44. The fourth-order valence-corrected chi connectivity index (χ4v) is 3.38. The molecule has 110 valence electrons. The van der Waals surface area contributed by atoms with Crippen LogP contribution in [0.2, 0.25) is 0 Å². The zero-order valence-electron chi connectivity index (χ0n) is 12.5. The molecule has 1 saturated heterocycles. The molecule has 0 saturated carbocycles. The minimum absolute atomic E-state index is 0.725. The lowest BCUT2D eigenvalue weighted by molar-refractivity contribution is 0.185. The van der Waals surface area contributed by atoms with Crippen molar-refractivity contribution in [3.05, 3.63) is 29.8 Å². The standard InChI is InChI=1S/C17H26N2O/c1-14-10-16-4-2-3-5-17(16)19(12-14)8-7-18-11-15-6-9-20-13-15/h2-5,14-15,18H,6-13H2,1H3. The van der Waals surface area contributed by atoms with E-state index in [9.17, 15) is 0 Å². The number of para-hydroxylation sites is 1. The van der Waals surface area contributed by atoms with E-state index in [0.717, 1.165) is 44.7 Å². The first-order chi connectivity index (χ1) is 9.83. The summed E-state index contributed by atoms with van der Waals surface area (Å²) in [5.41, 5.74) is 2.95. The second kappa shape index (κ2) is 6.59. The van der Waals surface area contributed by atoms with Crippen molar-refractivity contribution in [2.75, 3.05) is 44.3 Å². The molecule has 3 heteroatoms. The molecular weight excluding hydrogens is 248 g/mol. The summed E-state index contributed by atoms with van der Waals surface area (Å²) in [6.45, 7) is 8.70. The first kappa shape index (κ1) is 13.9. The Labute approximate surface area is 122 Å². The molecule has 3 rings (SSSR count). The van der Waals surface area contributed by atoms with Crippen LogP contribution < -0.4 is 10.2 Å². The average molecular weight is 274 g/mol. The molecule has 3 nitrogen and oxygen atoms in total. The highest BCUT2D eigenvalue weighted by atomic mass is 16.5. The van der Waals surface area contributed by atoms with E-state index in [-0.39, 0.29) is 0 Å². The summed E-state index contributed by atoms with van der Waals surface area (Å²) in [4.78, 5) is 2.54. The van der Waals surface area contributed by atoms with Gasteiger partial charge in [0, 0.05) is 38.5 Å². The third kappa shape index (κ3) is 3.33. The summed E-state index contributed by atoms with van der Waals surface area (Å²) in [5, 5.41) is 3.60. The summed E-state index contributed by atoms with van der Waals surface area (Å²) in [5.74, 6) is 1.48. The quantitative estimate of drug-likeness (QED) is 0.834. The van der Waals surface area contributed by atoms with Crippen LogP contribution in [0.25, 0.3) is 0 Å². The van der Waals surface area contributed by atoms with Gasteiger partial charge in [0.25, 0.3) is 0 Å². The van der Waals surface area contributed by atoms with E-state index < -0.39 is 0 Å². The summed E-state index contributed by atoms with van der Waals surface area (Å²) in [7, 11) is 0. The smallest absolute Gasteiger partial charge is 0.0507 e. The topological polar surface area (TPSA) is 24.5 Å². The molecule has 2 heterocycles. The van der Waals surface area contributed by atoms with Crippen molar-refractivity contribution in [3.63, 3.8) is 0 Å². The predicted molar refractivity (Wildman–Crippen MR) is 83.3 cm³/mol. The Morgan fingerprint density at radius 3 is 3.10 bits per heavy atom. The molecule has 2 atom stereocenters. The van der Waals surface area contributed by atoms with Crippen molar-refractivity contribution in [1.29, 1.82) is 0 Å². The van der Waals surface area contributed by atoms with Gasteiger partial charge in [-0.2, -0.15) is 0 Å². The maximum atomic E-state index is 5.41. The van der Waals surface area contributed by atoms with Gasteiger partial charge in [-0.1, -0.05) is 25.1 Å². The van der Waals surface area contributed by atoms with Crippen LogP contribution in [0.5, 0.6) is 0 Å². The van der Waals surface area contributed by atoms with Gasteiger partial charge >= 0.3 is 0 Å². The third-order valence-electron chi connectivity index (χ3n) is 4.45. The van der Waals surface area contributed by atoms with Crippen LogP contribution in [0.4, 0.5) is 5.69 Å². The Bertz CT molecular complexity index is 429. The predicted octanol–water partition coefficient (Wildman–Crippen LogP) is 2.31. The van der Waals surface area contributed by atoms with Crippen LogP contribution >= 0.6 is 0 Å². The lowest BCUT2D eigenvalue weighted by Crippen LogP contribution is -2.39. The monoisotopic (exact) mass is 274 g/mol. The molecule has 1 aromatic rings. The van der Waals surface area contributed by atoms with E-state index in [1.807, 2.05) is 0 Å². The molecule has 0 bridgehead atoms. The van der Waals surface area contributed by atoms with E-state index in [0.29, 0.717) is 0 Å². The van der Waals surface area contributed by atoms with Crippen molar-refractivity contribution < 1.29 is 4.74 Å². The number of nitrogens with one attached hydrogen (secondary N) is 1. The number of anilines is 1. The van der Waals surface area contributed by atoms with Crippen LogP contribution in [-0.2, 0) is 11.2 Å². The molecule has 0 radical (unpaired) electrons. The molecule has 0 aromatic heterocycles. The lowest BCUT2D eigenvalue weighted by Gasteiger charge is -2.35. The fourth-order valence-electron chi connectivity index (χ4n) is 3.38. The Morgan fingerprint density at radius 2 is 2.25 bits per heavy atom. The van der Waals surface area contributed by atoms with Gasteiger partial charge in [0.15, 0.2) is 0 Å². The minimum Gasteiger partial charge on any atom is -0.381 e. The van der Waals surface area contributed by atoms with Crippen molar-refractivity contribution in [2.45, 2.75) is 19.8 Å². The molecule has 1 N–H and O–H groups in total. The number of hydrogen-bond donors (Lipinski definition) is 1. The molecular formula is C17H26N2O. The fraction of sp³-hybridized carbons (Fsp3) is 0.647. The van der Waals surface area contributed by atoms with Crippen LogP contribution in [0.15, 0.2) is 24.3 Å². The molecule has 0 aliphatic carbocycles. The maximum absolute atomic E-state index is 5.41. The first-order valence-electron chi connectivity index (χ1n) is 7.94. The van der Waals surface area contributed by atoms with Gasteiger partial charge in [0.2, 0.25) is 0 Å². The minimum atomic E-state index is 0.725. The Hall–Kier alpha value is -1.06. The molecule has 2 aliphatic rings. The molecule has 0 spiro atoms. The van der Waals surface area contributed by atoms with E-state index in [1.165, 1.54) is 30.6 Å². The second-order valence-electron chi connectivity index (χ2n) is 6.32. The summed E-state index contributed by atoms with van der Waals surface area (Å²) < 4.78 is 5.41. The van der Waals surface area contributed by atoms with Crippen LogP contribution in [0.3, 0.4) is 0 Å². The van der Waals surface area contributed by atoms with Gasteiger partial charge in [0.05, 0.1) is 6.61 Å². The van der Waals surface area contributed by atoms with Gasteiger partial charge < -0.3 is 15.0 Å². The van der Waals surface area contributed by atoms with Gasteiger partial charge in [-0.15, -0.1) is 0 Å². The van der Waals surface area contributed by atoms with Gasteiger partial charge in [-0.3, -0.25) is 0 Å². The SMILES string of the molecule is CC1Cc2ccccc2N(CCNCC2CCOC2)C1. The average Bonchev–Trinajstić information content (AvgIpc) is 2.96. The number of rotatable bonds is 5. The summed E-state index contributed by atoms with van der Waals surface area (Å²) >= 11 is 0. The highest BCUT2D eigenvalue weighted by Crippen LogP contribution is 2.28. The van der Waals surface area contributed by atoms with Crippen molar-refractivity contribution in [2.24, 2.45) is 11.8 Å². The molecule has 20 heavy (non-hydrogen) atoms. The van der Waals surface area contributed by atoms with Gasteiger partial charge in [-0.25, -0.2) is 0 Å². The van der Waals surface area contributed by atoms with E-state index >= 15 is 0 Å². The molecule has 2 aliphatic heterocycles. The van der Waals surface area contributed by atoms with Crippen molar-refractivity contribution >= 4 is 5.69 Å². The number of fused-ring (bicyclic) bond motifs is 1. The zero-order chi connectivity index (χ0) is 13.8. The highest BCUT2D eigenvalue weighted by Gasteiger charge is 2.21. The first-order valence-corrected chi connectivity index (χ1v) is 7.94. The van der Waals surface area contributed by atoms with Crippen LogP contribution in [0, 0.1) is 11.8 Å². The summed E-state index contributed by atoms with van der Waals surface area (Å²) in [6, 6.07) is 8.87. The number of benzene rings is 1. The van der Waals surface area contributed by atoms with Crippen LogP contribution in [-0.4, -0.2) is 39.4 Å². The molecule has 1 fully saturated rings. The molecule has 2 unspecified atom stereocenters. The molecule has 0 amide bonds. The van der Waals surface area contributed by atoms with E-state index in [2.05, 4.69) is 41.4 Å². The van der Waals surface area contributed by atoms with E-state index in [4.69, 9.17) is 4.74 Å². The third-order valence-corrected chi connectivity index (χ3v) is 4.45. The van der Waals surface area contributed by atoms with Crippen molar-refractivity contribution in [1.82, 2.24) is 5.32 Å². The van der Waals surface area contributed by atoms with Gasteiger partial charge in [0.1, 0.15) is 0 Å². The largest absolute Gasteiger partial charge is 0.381 e. The highest BCUT2D eigenvalue weighted by molar-refractivity contribution is 5.55. The van der Waals surface area contributed by atoms with Gasteiger partial charge in [-0.05, 0) is 36.3 Å². The van der Waals surface area contributed by atoms with Crippen LogP contribution in [0.1, 0.15) is 18.9 Å². The Morgan fingerprint density at radius 1 is 1.35 bits per heavy atom. The number of nitrogens with zero attached hydrogens (tertiary/aromatic N) is 1. The normalized spacial score (nSPS) is 25.8. The van der Waals surface area contributed by atoms with Crippen molar-refractivity contribution in [3.8, 4) is 0 Å². The number of ether oxygens (including phenoxy) is 1. The Kier molecular flexibility index (Phi) is 4.58. The number of hydrogen-bond acceptors (Lipinski definition) is 3. The zero-order valence-corrected chi connectivity index (χ0v) is 12.5.